The molecular formula is C16H16BrNO2. The first-order valence-electron chi connectivity index (χ1n) is 6.88. The van der Waals surface area contributed by atoms with Crippen LogP contribution in [0.15, 0.2) is 33.9 Å². The molecule has 1 N–H and O–H groups in total. The lowest BCUT2D eigenvalue weighted by Gasteiger charge is -2.31. The molecule has 1 aliphatic heterocycles. The Morgan fingerprint density at radius 1 is 1.25 bits per heavy atom. The number of hydrogen-bond acceptors (Lipinski definition) is 2. The summed E-state index contributed by atoms with van der Waals surface area (Å²) < 4.78 is 1.02. The largest absolute Gasteiger partial charge is 0.329 e. The second-order valence-corrected chi connectivity index (χ2v) is 6.34. The van der Waals surface area contributed by atoms with Crippen molar-refractivity contribution < 1.29 is 9.59 Å². The molecule has 1 heterocycles. The van der Waals surface area contributed by atoms with Crippen LogP contribution < -0.4 is 5.32 Å². The van der Waals surface area contributed by atoms with E-state index in [1.807, 2.05) is 25.1 Å². The summed E-state index contributed by atoms with van der Waals surface area (Å²) in [5, 5.41) is 2.88. The average Bonchev–Trinajstić information content (AvgIpc) is 2.41. The number of amides is 1. The highest BCUT2D eigenvalue weighted by atomic mass is 79.9. The number of hydrogen-bond donors (Lipinski definition) is 1. The molecule has 3 rings (SSSR count). The summed E-state index contributed by atoms with van der Waals surface area (Å²) in [6.45, 7) is 2.03. The van der Waals surface area contributed by atoms with E-state index in [1.54, 1.807) is 0 Å². The molecule has 2 aliphatic rings. The third kappa shape index (κ3) is 2.33. The van der Waals surface area contributed by atoms with Gasteiger partial charge in [-0.05, 0) is 37.0 Å². The van der Waals surface area contributed by atoms with Crippen molar-refractivity contribution in [2.75, 3.05) is 0 Å². The summed E-state index contributed by atoms with van der Waals surface area (Å²) in [6, 6.07) is 6.08. The van der Waals surface area contributed by atoms with Gasteiger partial charge in [-0.3, -0.25) is 9.59 Å². The van der Waals surface area contributed by atoms with Crippen LogP contribution in [-0.2, 0) is 9.59 Å². The first-order chi connectivity index (χ1) is 9.56. The molecule has 0 saturated heterocycles. The summed E-state index contributed by atoms with van der Waals surface area (Å²) in [6.07, 6.45) is 2.59. The van der Waals surface area contributed by atoms with Gasteiger partial charge >= 0.3 is 0 Å². The Morgan fingerprint density at radius 2 is 2.05 bits per heavy atom. The zero-order valence-corrected chi connectivity index (χ0v) is 12.9. The molecular weight excluding hydrogens is 318 g/mol. The van der Waals surface area contributed by atoms with Gasteiger partial charge in [-0.15, -0.1) is 0 Å². The van der Waals surface area contributed by atoms with E-state index in [2.05, 4.69) is 21.2 Å². The molecule has 0 radical (unpaired) electrons. The van der Waals surface area contributed by atoms with Crippen LogP contribution in [0.2, 0.25) is 0 Å². The molecule has 1 aromatic carbocycles. The SMILES string of the molecule is Cc1ccc([C@@H]2CC(=O)NC3=C2C(=O)CCC3)cc1Br. The fourth-order valence-electron chi connectivity index (χ4n) is 3.01. The lowest BCUT2D eigenvalue weighted by atomic mass is 9.78. The first-order valence-corrected chi connectivity index (χ1v) is 7.67. The first kappa shape index (κ1) is 13.6. The molecule has 0 spiro atoms. The van der Waals surface area contributed by atoms with Gasteiger partial charge in [0.25, 0.3) is 0 Å². The molecule has 104 valence electrons. The number of aryl methyl sites for hydroxylation is 1. The molecule has 0 unspecified atom stereocenters. The van der Waals surface area contributed by atoms with Crippen molar-refractivity contribution in [3.05, 3.63) is 45.1 Å². The number of rotatable bonds is 1. The quantitative estimate of drug-likeness (QED) is 0.856. The van der Waals surface area contributed by atoms with E-state index >= 15 is 0 Å². The molecule has 1 aliphatic carbocycles. The number of ketones is 1. The van der Waals surface area contributed by atoms with Gasteiger partial charge in [0, 0.05) is 34.5 Å². The Balaban J connectivity index is 2.08. The molecule has 0 saturated carbocycles. The number of nitrogens with one attached hydrogen (secondary N) is 1. The number of Topliss-reactive ketones (excluding diaryl/α,β-unsaturated/α-hetero) is 1. The van der Waals surface area contributed by atoms with Crippen molar-refractivity contribution >= 4 is 27.6 Å². The van der Waals surface area contributed by atoms with E-state index in [0.29, 0.717) is 12.8 Å². The summed E-state index contributed by atoms with van der Waals surface area (Å²) in [4.78, 5) is 24.1. The van der Waals surface area contributed by atoms with Crippen molar-refractivity contribution in [3.8, 4) is 0 Å². The maximum atomic E-state index is 12.2. The predicted molar refractivity (Wildman–Crippen MR) is 80.3 cm³/mol. The minimum atomic E-state index is -0.0940. The van der Waals surface area contributed by atoms with Crippen molar-refractivity contribution in [3.63, 3.8) is 0 Å². The zero-order valence-electron chi connectivity index (χ0n) is 11.3. The fourth-order valence-corrected chi connectivity index (χ4v) is 3.41. The fraction of sp³-hybridized carbons (Fsp3) is 0.375. The average molecular weight is 334 g/mol. The van der Waals surface area contributed by atoms with Gasteiger partial charge in [-0.2, -0.15) is 0 Å². The molecule has 1 amide bonds. The third-order valence-electron chi connectivity index (χ3n) is 4.08. The number of carbonyl (C=O) groups is 2. The van der Waals surface area contributed by atoms with Crippen LogP contribution in [0.3, 0.4) is 0 Å². The Labute approximate surface area is 126 Å². The molecule has 0 fully saturated rings. The molecule has 0 bridgehead atoms. The summed E-state index contributed by atoms with van der Waals surface area (Å²) in [5.74, 6) is 0.108. The van der Waals surface area contributed by atoms with Crippen molar-refractivity contribution in [2.24, 2.45) is 0 Å². The lowest BCUT2D eigenvalue weighted by Crippen LogP contribution is -2.36. The second-order valence-electron chi connectivity index (χ2n) is 5.48. The van der Waals surface area contributed by atoms with Gasteiger partial charge in [-0.25, -0.2) is 0 Å². The van der Waals surface area contributed by atoms with E-state index in [9.17, 15) is 9.59 Å². The molecule has 1 aromatic rings. The Hall–Kier alpha value is -1.42. The summed E-state index contributed by atoms with van der Waals surface area (Å²) in [5.41, 5.74) is 3.86. The second kappa shape index (κ2) is 5.17. The molecule has 20 heavy (non-hydrogen) atoms. The van der Waals surface area contributed by atoms with E-state index in [-0.39, 0.29) is 17.6 Å². The number of benzene rings is 1. The maximum Gasteiger partial charge on any atom is 0.225 e. The topological polar surface area (TPSA) is 46.2 Å². The van der Waals surface area contributed by atoms with Gasteiger partial charge < -0.3 is 5.32 Å². The van der Waals surface area contributed by atoms with Gasteiger partial charge in [0.15, 0.2) is 5.78 Å². The van der Waals surface area contributed by atoms with Crippen LogP contribution in [0.1, 0.15) is 42.7 Å². The summed E-state index contributed by atoms with van der Waals surface area (Å²) in [7, 11) is 0. The predicted octanol–water partition coefficient (Wildman–Crippen LogP) is 3.37. The van der Waals surface area contributed by atoms with E-state index in [0.717, 1.165) is 39.7 Å². The Bertz CT molecular complexity index is 633. The maximum absolute atomic E-state index is 12.2. The van der Waals surface area contributed by atoms with Crippen LogP contribution in [0.5, 0.6) is 0 Å². The van der Waals surface area contributed by atoms with E-state index in [4.69, 9.17) is 0 Å². The number of carbonyl (C=O) groups excluding carboxylic acids is 2. The normalized spacial score (nSPS) is 22.6. The van der Waals surface area contributed by atoms with Crippen LogP contribution in [0.25, 0.3) is 0 Å². The van der Waals surface area contributed by atoms with Crippen molar-refractivity contribution in [2.45, 2.75) is 38.5 Å². The molecule has 3 nitrogen and oxygen atoms in total. The lowest BCUT2D eigenvalue weighted by molar-refractivity contribution is -0.122. The molecule has 4 heteroatoms. The minimum absolute atomic E-state index is 0.0140. The molecule has 0 aromatic heterocycles. The minimum Gasteiger partial charge on any atom is -0.329 e. The van der Waals surface area contributed by atoms with Gasteiger partial charge in [0.2, 0.25) is 5.91 Å². The highest BCUT2D eigenvalue weighted by molar-refractivity contribution is 9.10. The van der Waals surface area contributed by atoms with E-state index < -0.39 is 0 Å². The highest BCUT2D eigenvalue weighted by Crippen LogP contribution is 2.38. The van der Waals surface area contributed by atoms with Crippen molar-refractivity contribution in [1.29, 1.82) is 0 Å². The third-order valence-corrected chi connectivity index (χ3v) is 4.94. The van der Waals surface area contributed by atoms with Gasteiger partial charge in [0.1, 0.15) is 0 Å². The number of halogens is 1. The van der Waals surface area contributed by atoms with Gasteiger partial charge in [-0.1, -0.05) is 28.1 Å². The Morgan fingerprint density at radius 3 is 2.80 bits per heavy atom. The van der Waals surface area contributed by atoms with Crippen LogP contribution >= 0.6 is 15.9 Å². The van der Waals surface area contributed by atoms with Crippen LogP contribution in [0, 0.1) is 6.92 Å². The van der Waals surface area contributed by atoms with E-state index in [1.165, 1.54) is 0 Å². The van der Waals surface area contributed by atoms with Crippen LogP contribution in [0.4, 0.5) is 0 Å². The van der Waals surface area contributed by atoms with Crippen molar-refractivity contribution in [1.82, 2.24) is 5.32 Å². The molecule has 1 atom stereocenters. The monoisotopic (exact) mass is 333 g/mol. The van der Waals surface area contributed by atoms with Gasteiger partial charge in [0.05, 0.1) is 0 Å². The van der Waals surface area contributed by atoms with Crippen LogP contribution in [-0.4, -0.2) is 11.7 Å². The highest BCUT2D eigenvalue weighted by Gasteiger charge is 2.34. The Kier molecular flexibility index (Phi) is 3.50. The smallest absolute Gasteiger partial charge is 0.225 e. The zero-order chi connectivity index (χ0) is 14.3. The standard InChI is InChI=1S/C16H16BrNO2/c1-9-5-6-10(7-12(9)17)11-8-15(20)18-13-3-2-4-14(19)16(11)13/h5-7,11H,2-4,8H2,1H3,(H,18,20)/t11-/m0/s1. The number of allylic oxidation sites excluding steroid dienone is 2. The summed E-state index contributed by atoms with van der Waals surface area (Å²) >= 11 is 3.53.